The molecule has 4 aromatic carbocycles. The number of nitrogens with two attached hydrogens (primary N) is 1. The summed E-state index contributed by atoms with van der Waals surface area (Å²) in [5.41, 5.74) is 11.1. The van der Waals surface area contributed by atoms with Crippen molar-refractivity contribution in [2.45, 2.75) is 37.8 Å². The molecule has 4 aliphatic rings. The van der Waals surface area contributed by atoms with E-state index < -0.39 is 13.7 Å². The van der Waals surface area contributed by atoms with Crippen molar-refractivity contribution in [3.63, 3.8) is 0 Å². The highest BCUT2D eigenvalue weighted by Crippen LogP contribution is 2.56. The van der Waals surface area contributed by atoms with Crippen LogP contribution < -0.4 is 5.73 Å². The molecule has 368 valence electrons. The molecule has 2 atom stereocenters. The van der Waals surface area contributed by atoms with Gasteiger partial charge in [0.05, 0.1) is 63.4 Å². The van der Waals surface area contributed by atoms with E-state index in [1.807, 2.05) is 98.8 Å². The van der Waals surface area contributed by atoms with Gasteiger partial charge in [0.15, 0.2) is 5.82 Å². The number of hydrogen-bond acceptors (Lipinski definition) is 15. The van der Waals surface area contributed by atoms with E-state index in [-0.39, 0.29) is 49.7 Å². The Hall–Kier alpha value is -5.95. The molecular formula is C49H54Cl2N9O9P. The lowest BCUT2D eigenvalue weighted by Gasteiger charge is -2.41. The maximum Gasteiger partial charge on any atom is 0.397 e. The molecule has 9 rings (SSSR count). The fourth-order valence-electron chi connectivity index (χ4n) is 7.97. The van der Waals surface area contributed by atoms with E-state index in [9.17, 15) is 14.2 Å². The van der Waals surface area contributed by atoms with Gasteiger partial charge in [-0.15, -0.1) is 10.2 Å². The molecule has 0 radical (unpaired) electrons. The Morgan fingerprint density at radius 2 is 1.24 bits per heavy atom. The maximum absolute atomic E-state index is 14.8. The van der Waals surface area contributed by atoms with Crippen LogP contribution in [0.4, 0.5) is 5.69 Å². The second-order valence-electron chi connectivity index (χ2n) is 15.9. The van der Waals surface area contributed by atoms with E-state index in [0.29, 0.717) is 92.6 Å². The van der Waals surface area contributed by atoms with Crippen LogP contribution >= 0.6 is 30.9 Å². The smallest absolute Gasteiger partial charge is 0.397 e. The highest BCUT2D eigenvalue weighted by Gasteiger charge is 2.44. The van der Waals surface area contributed by atoms with Crippen molar-refractivity contribution in [1.29, 1.82) is 0 Å². The lowest BCUT2D eigenvalue weighted by Crippen LogP contribution is -2.44. The summed E-state index contributed by atoms with van der Waals surface area (Å²) in [4.78, 5) is 47.8. The fourth-order valence-corrected chi connectivity index (χ4v) is 10.7. The van der Waals surface area contributed by atoms with Crippen LogP contribution in [0.15, 0.2) is 118 Å². The van der Waals surface area contributed by atoms with Crippen molar-refractivity contribution >= 4 is 72.1 Å². The Morgan fingerprint density at radius 1 is 0.743 bits per heavy atom. The summed E-state index contributed by atoms with van der Waals surface area (Å²) in [7, 11) is -0.865. The molecular weight excluding hydrogens is 960 g/mol. The van der Waals surface area contributed by atoms with Gasteiger partial charge in [0.25, 0.3) is 0 Å². The molecule has 0 unspecified atom stereocenters. The first-order valence-corrected chi connectivity index (χ1v) is 24.9. The van der Waals surface area contributed by atoms with Gasteiger partial charge in [-0.1, -0.05) is 83.9 Å². The summed E-state index contributed by atoms with van der Waals surface area (Å²) in [6, 6.07) is 29.6. The molecule has 5 heterocycles. The van der Waals surface area contributed by atoms with Crippen LogP contribution in [0.25, 0.3) is 5.69 Å². The number of esters is 2. The van der Waals surface area contributed by atoms with Crippen molar-refractivity contribution in [2.24, 2.45) is 20.7 Å². The first kappa shape index (κ1) is 51.9. The summed E-state index contributed by atoms with van der Waals surface area (Å²) < 4.78 is 47.7. The first-order chi connectivity index (χ1) is 34.1. The Bertz CT molecular complexity index is 2710. The van der Waals surface area contributed by atoms with E-state index in [4.69, 9.17) is 66.4 Å². The maximum atomic E-state index is 14.8. The molecule has 4 aliphatic heterocycles. The number of ether oxygens (including phenoxy) is 4. The van der Waals surface area contributed by atoms with Crippen molar-refractivity contribution in [3.8, 4) is 5.69 Å². The predicted octanol–water partition coefficient (Wildman–Crippen LogP) is 7.24. The molecule has 21 heteroatoms. The Morgan fingerprint density at radius 3 is 1.79 bits per heavy atom. The molecule has 1 aromatic heterocycles. The first-order valence-electron chi connectivity index (χ1n) is 22.6. The molecule has 70 heavy (non-hydrogen) atoms. The summed E-state index contributed by atoms with van der Waals surface area (Å²) in [6.45, 7) is 3.78. The number of aldehydes is 1. The quantitative estimate of drug-likeness (QED) is 0.0741. The number of hydrogen-bond donors (Lipinski definition) is 1. The van der Waals surface area contributed by atoms with Gasteiger partial charge in [0, 0.05) is 77.9 Å². The molecule has 2 fully saturated rings. The number of carbonyl (C=O) groups is 3. The zero-order valence-corrected chi connectivity index (χ0v) is 41.2. The monoisotopic (exact) mass is 1010 g/mol. The van der Waals surface area contributed by atoms with Gasteiger partial charge in [-0.2, -0.15) is 0 Å². The van der Waals surface area contributed by atoms with E-state index >= 15 is 0 Å². The Labute approximate surface area is 416 Å². The number of nitrogens with zero attached hydrogens (tertiary/aromatic N) is 8. The summed E-state index contributed by atoms with van der Waals surface area (Å²) in [5, 5.41) is 9.49. The van der Waals surface area contributed by atoms with Crippen LogP contribution in [0.5, 0.6) is 0 Å². The van der Waals surface area contributed by atoms with E-state index in [0.717, 1.165) is 33.7 Å². The summed E-state index contributed by atoms with van der Waals surface area (Å²) in [5.74, 6) is 0.227. The fraction of sp³-hybridized carbons (Fsp3) is 0.347. The zero-order chi connectivity index (χ0) is 49.5. The predicted molar refractivity (Wildman–Crippen MR) is 267 cm³/mol. The van der Waals surface area contributed by atoms with Crippen molar-refractivity contribution in [2.75, 3.05) is 73.4 Å². The second kappa shape index (κ2) is 25.3. The number of aliphatic imine (C=N–C) groups is 3. The average molecular weight is 1010 g/mol. The minimum absolute atomic E-state index is 0.0889. The van der Waals surface area contributed by atoms with Gasteiger partial charge in [0.2, 0.25) is 5.90 Å². The highest BCUT2D eigenvalue weighted by atomic mass is 35.5. The number of carbonyl (C=O) groups excluding carboxylic acids is 3. The Balaban J connectivity index is 0.000000202. The average Bonchev–Trinajstić information content (AvgIpc) is 3.79. The number of halogens is 2. The SMILES string of the molecule is COC(=O)CC[C@@H]1N=C(c2ccccc2)c2cc(Cl)ccc2-n2cnnc21.COC(=O)CC[C@@H]1N=C(c2ccccc2)c2cc(Cl)ccc2N=C1OP(=O)(N1CCOCC1)N1CCOCC1.NCC=O. The van der Waals surface area contributed by atoms with Crippen LogP contribution in [0.3, 0.4) is 0 Å². The molecule has 5 aromatic rings. The largest absolute Gasteiger partial charge is 0.469 e. The molecule has 0 amide bonds. The lowest BCUT2D eigenvalue weighted by atomic mass is 10.0. The third-order valence-corrected chi connectivity index (χ3v) is 14.6. The minimum atomic E-state index is -3.60. The number of aromatic nitrogens is 3. The summed E-state index contributed by atoms with van der Waals surface area (Å²) >= 11 is 12.7. The van der Waals surface area contributed by atoms with Crippen LogP contribution in [-0.4, -0.2) is 139 Å². The number of methoxy groups -OCH3 is 2. The standard InChI is InChI=1S/C27H32ClN4O6P.C20H17ClN4O2.C2H5NO/c1-35-25(33)10-9-24-27(38-39(34,31-11-15-36-16-12-31)32-13-17-37-18-14-32)30-23-8-7-21(28)19-22(23)26(29-24)20-5-3-2-4-6-20;1-27-18(26)10-8-16-20-24-22-12-25(20)17-9-7-14(21)11-15(17)19(23-16)13-5-3-2-4-6-13;3-1-2-4/h2-8,19,24H,9-18H2,1H3;2-7,9,11-12,16H,8,10H2,1H3;2H,1,3H2/t24-;16-;/m00./s1. The molecule has 2 saturated heterocycles. The van der Waals surface area contributed by atoms with Gasteiger partial charge in [-0.05, 0) is 49.2 Å². The normalized spacial score (nSPS) is 17.9. The van der Waals surface area contributed by atoms with Crippen molar-refractivity contribution in [3.05, 3.63) is 142 Å². The van der Waals surface area contributed by atoms with E-state index in [2.05, 4.69) is 15.9 Å². The zero-order valence-electron chi connectivity index (χ0n) is 38.8. The minimum Gasteiger partial charge on any atom is -0.469 e. The topological polar surface area (TPSA) is 215 Å². The van der Waals surface area contributed by atoms with Crippen LogP contribution in [0.2, 0.25) is 10.0 Å². The molecule has 0 spiro atoms. The van der Waals surface area contributed by atoms with Crippen LogP contribution in [0.1, 0.15) is 59.8 Å². The third-order valence-electron chi connectivity index (χ3n) is 11.4. The number of morpholine rings is 2. The molecule has 0 saturated carbocycles. The molecule has 2 N–H and O–H groups in total. The molecule has 0 bridgehead atoms. The van der Waals surface area contributed by atoms with Crippen LogP contribution in [-0.2, 0) is 42.4 Å². The Kier molecular flexibility index (Phi) is 18.7. The third kappa shape index (κ3) is 12.9. The van der Waals surface area contributed by atoms with Gasteiger partial charge < -0.3 is 34.0 Å². The van der Waals surface area contributed by atoms with Gasteiger partial charge in [-0.25, -0.2) is 18.9 Å². The summed E-state index contributed by atoms with van der Waals surface area (Å²) in [6.07, 6.45) is 3.39. The second-order valence-corrected chi connectivity index (χ2v) is 19.1. The van der Waals surface area contributed by atoms with Crippen molar-refractivity contribution < 1.29 is 42.4 Å². The molecule has 0 aliphatic carbocycles. The van der Waals surface area contributed by atoms with Crippen molar-refractivity contribution in [1.82, 2.24) is 24.1 Å². The number of benzene rings is 4. The number of rotatable bonds is 12. The van der Waals surface area contributed by atoms with Gasteiger partial charge in [0.1, 0.15) is 24.7 Å². The molecule has 18 nitrogen and oxygen atoms in total. The highest BCUT2D eigenvalue weighted by molar-refractivity contribution is 7.54. The van der Waals surface area contributed by atoms with Gasteiger partial charge >= 0.3 is 19.6 Å². The number of fused-ring (bicyclic) bond motifs is 4. The van der Waals surface area contributed by atoms with Gasteiger partial charge in [-0.3, -0.25) is 24.1 Å². The van der Waals surface area contributed by atoms with E-state index in [1.54, 1.807) is 18.5 Å². The van der Waals surface area contributed by atoms with Crippen LogP contribution in [0, 0.1) is 0 Å². The van der Waals surface area contributed by atoms with E-state index in [1.165, 1.54) is 14.2 Å². The lowest BCUT2D eigenvalue weighted by molar-refractivity contribution is -0.141.